The summed E-state index contributed by atoms with van der Waals surface area (Å²) in [7, 11) is 1.54. The van der Waals surface area contributed by atoms with E-state index in [0.29, 0.717) is 12.0 Å². The maximum Gasteiger partial charge on any atom is 0.326 e. The lowest BCUT2D eigenvalue weighted by Gasteiger charge is -2.23. The third-order valence-electron chi connectivity index (χ3n) is 2.98. The molecular weight excluding hydrogens is 238 g/mol. The van der Waals surface area contributed by atoms with Gasteiger partial charge in [0, 0.05) is 17.3 Å². The van der Waals surface area contributed by atoms with Gasteiger partial charge in [0.05, 0.1) is 5.56 Å². The Labute approximate surface area is 105 Å². The summed E-state index contributed by atoms with van der Waals surface area (Å²) in [5.41, 5.74) is 1.54. The molecule has 1 unspecified atom stereocenters. The van der Waals surface area contributed by atoms with Crippen LogP contribution in [0.4, 0.5) is 0 Å². The Balaban J connectivity index is 2.97. The molecule has 1 rings (SSSR count). The summed E-state index contributed by atoms with van der Waals surface area (Å²) in [6, 6.07) is -0.762. The number of hydrogen-bond acceptors (Lipinski definition) is 3. The lowest BCUT2D eigenvalue weighted by atomic mass is 10.1. The largest absolute Gasteiger partial charge is 0.480 e. The van der Waals surface area contributed by atoms with Gasteiger partial charge in [0.15, 0.2) is 0 Å². The zero-order chi connectivity index (χ0) is 13.2. The van der Waals surface area contributed by atoms with E-state index < -0.39 is 12.0 Å². The van der Waals surface area contributed by atoms with E-state index in [2.05, 4.69) is 0 Å². The van der Waals surface area contributed by atoms with E-state index >= 15 is 0 Å². The van der Waals surface area contributed by atoms with Gasteiger partial charge < -0.3 is 10.0 Å². The van der Waals surface area contributed by atoms with E-state index in [9.17, 15) is 9.59 Å². The number of rotatable bonds is 4. The minimum Gasteiger partial charge on any atom is -0.480 e. The molecule has 4 nitrogen and oxygen atoms in total. The molecule has 1 amide bonds. The maximum atomic E-state index is 12.2. The lowest BCUT2D eigenvalue weighted by Crippen LogP contribution is -2.42. The van der Waals surface area contributed by atoms with Crippen molar-refractivity contribution in [2.45, 2.75) is 33.2 Å². The summed E-state index contributed by atoms with van der Waals surface area (Å²) in [5.74, 6) is -1.19. The van der Waals surface area contributed by atoms with Gasteiger partial charge in [-0.2, -0.15) is 0 Å². The van der Waals surface area contributed by atoms with Crippen LogP contribution in [0.25, 0.3) is 0 Å². The highest BCUT2D eigenvalue weighted by Crippen LogP contribution is 2.22. The van der Waals surface area contributed by atoms with Gasteiger partial charge in [0.1, 0.15) is 6.04 Å². The van der Waals surface area contributed by atoms with Crippen LogP contribution in [0.2, 0.25) is 0 Å². The topological polar surface area (TPSA) is 57.6 Å². The molecule has 0 aromatic carbocycles. The highest BCUT2D eigenvalue weighted by atomic mass is 32.1. The number of hydrogen-bond donors (Lipinski definition) is 1. The molecule has 0 aliphatic carbocycles. The lowest BCUT2D eigenvalue weighted by molar-refractivity contribution is -0.142. The first kappa shape index (κ1) is 13.7. The molecule has 0 saturated heterocycles. The molecule has 1 heterocycles. The van der Waals surface area contributed by atoms with Crippen molar-refractivity contribution in [1.29, 1.82) is 0 Å². The first-order valence-electron chi connectivity index (χ1n) is 5.44. The monoisotopic (exact) mass is 255 g/mol. The molecule has 1 atom stereocenters. The molecule has 5 heteroatoms. The molecule has 1 aromatic rings. The Morgan fingerprint density at radius 1 is 1.47 bits per heavy atom. The van der Waals surface area contributed by atoms with E-state index in [0.717, 1.165) is 10.4 Å². The molecule has 0 aliphatic heterocycles. The van der Waals surface area contributed by atoms with Crippen molar-refractivity contribution in [3.8, 4) is 0 Å². The van der Waals surface area contributed by atoms with E-state index in [1.807, 2.05) is 13.8 Å². The number of carbonyl (C=O) groups is 2. The maximum absolute atomic E-state index is 12.2. The van der Waals surface area contributed by atoms with Crippen molar-refractivity contribution in [1.82, 2.24) is 4.90 Å². The Hall–Kier alpha value is -1.36. The normalized spacial score (nSPS) is 12.2. The second-order valence-electron chi connectivity index (χ2n) is 4.01. The van der Waals surface area contributed by atoms with Crippen molar-refractivity contribution >= 4 is 23.2 Å². The SMILES string of the molecule is CCC(C(=O)O)N(C)C(=O)c1csc(C)c1C. The molecule has 0 spiro atoms. The number of likely N-dealkylation sites (N-methyl/N-ethyl adjacent to an activating group) is 1. The first-order valence-corrected chi connectivity index (χ1v) is 6.32. The van der Waals surface area contributed by atoms with Crippen LogP contribution in [-0.2, 0) is 4.79 Å². The second kappa shape index (κ2) is 5.31. The van der Waals surface area contributed by atoms with Crippen LogP contribution in [0, 0.1) is 13.8 Å². The van der Waals surface area contributed by atoms with Crippen molar-refractivity contribution < 1.29 is 14.7 Å². The van der Waals surface area contributed by atoms with Gasteiger partial charge in [-0.3, -0.25) is 4.79 Å². The Kier molecular flexibility index (Phi) is 4.28. The molecule has 0 aliphatic rings. The molecule has 1 aromatic heterocycles. The minimum absolute atomic E-state index is 0.221. The molecule has 0 bridgehead atoms. The van der Waals surface area contributed by atoms with Crippen molar-refractivity contribution in [3.05, 3.63) is 21.4 Å². The number of amides is 1. The van der Waals surface area contributed by atoms with E-state index in [-0.39, 0.29) is 5.91 Å². The Morgan fingerprint density at radius 2 is 2.06 bits per heavy atom. The summed E-state index contributed by atoms with van der Waals surface area (Å²) in [6.45, 7) is 5.59. The number of aliphatic carboxylic acids is 1. The van der Waals surface area contributed by atoms with E-state index in [1.165, 1.54) is 23.3 Å². The van der Waals surface area contributed by atoms with Crippen LogP contribution < -0.4 is 0 Å². The van der Waals surface area contributed by atoms with Crippen molar-refractivity contribution in [3.63, 3.8) is 0 Å². The average Bonchev–Trinajstić information content (AvgIpc) is 2.59. The van der Waals surface area contributed by atoms with Gasteiger partial charge in [-0.15, -0.1) is 11.3 Å². The van der Waals surface area contributed by atoms with Gasteiger partial charge >= 0.3 is 5.97 Å². The van der Waals surface area contributed by atoms with Gasteiger partial charge in [0.2, 0.25) is 0 Å². The summed E-state index contributed by atoms with van der Waals surface area (Å²) < 4.78 is 0. The van der Waals surface area contributed by atoms with Crippen LogP contribution in [0.5, 0.6) is 0 Å². The average molecular weight is 255 g/mol. The number of carbonyl (C=O) groups excluding carboxylic acids is 1. The number of carboxylic acids is 1. The van der Waals surface area contributed by atoms with Gasteiger partial charge in [-0.25, -0.2) is 4.79 Å². The van der Waals surface area contributed by atoms with Gasteiger partial charge in [0.25, 0.3) is 5.91 Å². The highest BCUT2D eigenvalue weighted by molar-refractivity contribution is 7.10. The predicted molar refractivity (Wildman–Crippen MR) is 67.6 cm³/mol. The quantitative estimate of drug-likeness (QED) is 0.898. The summed E-state index contributed by atoms with van der Waals surface area (Å²) in [4.78, 5) is 25.5. The van der Waals surface area contributed by atoms with Crippen LogP contribution in [-0.4, -0.2) is 35.0 Å². The zero-order valence-corrected chi connectivity index (χ0v) is 11.3. The Morgan fingerprint density at radius 3 is 2.41 bits per heavy atom. The van der Waals surface area contributed by atoms with E-state index in [1.54, 1.807) is 12.3 Å². The fourth-order valence-corrected chi connectivity index (χ4v) is 2.53. The highest BCUT2D eigenvalue weighted by Gasteiger charge is 2.26. The Bertz CT molecular complexity index is 439. The summed E-state index contributed by atoms with van der Waals surface area (Å²) in [6.07, 6.45) is 0.403. The van der Waals surface area contributed by atoms with Crippen LogP contribution in [0.15, 0.2) is 5.38 Å². The molecule has 0 fully saturated rings. The first-order chi connectivity index (χ1) is 7.90. The summed E-state index contributed by atoms with van der Waals surface area (Å²) in [5, 5.41) is 10.8. The fraction of sp³-hybridized carbons (Fsp3) is 0.500. The molecule has 94 valence electrons. The third kappa shape index (κ3) is 2.66. The molecular formula is C12H17NO3S. The zero-order valence-electron chi connectivity index (χ0n) is 10.5. The molecule has 0 radical (unpaired) electrons. The fourth-order valence-electron chi connectivity index (χ4n) is 1.67. The molecule has 1 N–H and O–H groups in total. The molecule has 17 heavy (non-hydrogen) atoms. The number of thiophene rings is 1. The van der Waals surface area contributed by atoms with Crippen molar-refractivity contribution in [2.24, 2.45) is 0 Å². The predicted octanol–water partition coefficient (Wildman–Crippen LogP) is 2.30. The van der Waals surface area contributed by atoms with Crippen molar-refractivity contribution in [2.75, 3.05) is 7.05 Å². The third-order valence-corrected chi connectivity index (χ3v) is 3.99. The summed E-state index contributed by atoms with van der Waals surface area (Å²) >= 11 is 1.51. The van der Waals surface area contributed by atoms with Crippen LogP contribution in [0.3, 0.4) is 0 Å². The second-order valence-corrected chi connectivity index (χ2v) is 5.09. The standard InChI is InChI=1S/C12H17NO3S/c1-5-10(12(15)16)13(4)11(14)9-6-17-8(3)7(9)2/h6,10H,5H2,1-4H3,(H,15,16). The smallest absolute Gasteiger partial charge is 0.326 e. The van der Waals surface area contributed by atoms with Gasteiger partial charge in [-0.1, -0.05) is 6.92 Å². The van der Waals surface area contributed by atoms with Crippen LogP contribution in [0.1, 0.15) is 34.1 Å². The minimum atomic E-state index is -0.965. The molecule has 0 saturated carbocycles. The van der Waals surface area contributed by atoms with E-state index in [4.69, 9.17) is 5.11 Å². The van der Waals surface area contributed by atoms with Gasteiger partial charge in [-0.05, 0) is 25.8 Å². The number of carboxylic acid groups (broad SMARTS) is 1. The number of aryl methyl sites for hydroxylation is 1. The number of nitrogens with zero attached hydrogens (tertiary/aromatic N) is 1. The van der Waals surface area contributed by atoms with Crippen LogP contribution >= 0.6 is 11.3 Å².